The molecule has 0 saturated heterocycles. The molecule has 2 saturated carbocycles. The summed E-state index contributed by atoms with van der Waals surface area (Å²) in [5.41, 5.74) is 0.414. The van der Waals surface area contributed by atoms with E-state index in [2.05, 4.69) is 0 Å². The Balaban J connectivity index is 1.85. The second-order valence-electron chi connectivity index (χ2n) is 3.66. The van der Waals surface area contributed by atoms with Crippen molar-refractivity contribution in [2.24, 2.45) is 5.41 Å². The van der Waals surface area contributed by atoms with Crippen LogP contribution in [0.3, 0.4) is 0 Å². The molecule has 56 valence electrons. The van der Waals surface area contributed by atoms with Crippen LogP contribution in [0.5, 0.6) is 0 Å². The van der Waals surface area contributed by atoms with E-state index >= 15 is 0 Å². The van der Waals surface area contributed by atoms with Crippen LogP contribution in [-0.2, 0) is 9.53 Å². The highest BCUT2D eigenvalue weighted by molar-refractivity contribution is 5.86. The molecule has 2 heteroatoms. The van der Waals surface area contributed by atoms with Gasteiger partial charge in [0.15, 0.2) is 0 Å². The van der Waals surface area contributed by atoms with Crippen molar-refractivity contribution >= 4 is 5.78 Å². The van der Waals surface area contributed by atoms with Gasteiger partial charge in [-0.2, -0.15) is 0 Å². The Kier molecular flexibility index (Phi) is 1.15. The number of ketones is 1. The summed E-state index contributed by atoms with van der Waals surface area (Å²) < 4.78 is 5.14. The Hall–Kier alpha value is -0.370. The van der Waals surface area contributed by atoms with Crippen LogP contribution in [0.1, 0.15) is 25.7 Å². The minimum atomic E-state index is 0.414. The molecular weight excluding hydrogens is 128 g/mol. The number of carbonyl (C=O) groups is 1. The third-order valence-electron chi connectivity index (χ3n) is 2.80. The van der Waals surface area contributed by atoms with E-state index in [1.165, 1.54) is 0 Å². The normalized spacial score (nSPS) is 29.9. The second-order valence-corrected chi connectivity index (χ2v) is 3.66. The van der Waals surface area contributed by atoms with Crippen LogP contribution in [0.25, 0.3) is 0 Å². The standard InChI is InChI=1S/C8H12O2/c1-10-7-4-8(5-7)2-6(9)3-8/h7H,2-5H2,1H3. The number of hydrogen-bond donors (Lipinski definition) is 0. The van der Waals surface area contributed by atoms with Crippen LogP contribution < -0.4 is 0 Å². The molecule has 0 aliphatic heterocycles. The van der Waals surface area contributed by atoms with Gasteiger partial charge in [0.25, 0.3) is 0 Å². The summed E-state index contributed by atoms with van der Waals surface area (Å²) in [5, 5.41) is 0. The van der Waals surface area contributed by atoms with E-state index < -0.39 is 0 Å². The molecule has 0 aromatic rings. The van der Waals surface area contributed by atoms with Gasteiger partial charge in [0.1, 0.15) is 5.78 Å². The number of methoxy groups -OCH3 is 1. The lowest BCUT2D eigenvalue weighted by Gasteiger charge is -2.52. The van der Waals surface area contributed by atoms with E-state index in [-0.39, 0.29) is 0 Å². The lowest BCUT2D eigenvalue weighted by molar-refractivity contribution is -0.150. The molecule has 0 bridgehead atoms. The molecule has 2 rings (SSSR count). The predicted molar refractivity (Wildman–Crippen MR) is 36.7 cm³/mol. The fourth-order valence-electron chi connectivity index (χ4n) is 2.15. The first-order valence-corrected chi connectivity index (χ1v) is 3.79. The topological polar surface area (TPSA) is 26.3 Å². The minimum Gasteiger partial charge on any atom is -0.381 e. The van der Waals surface area contributed by atoms with Crippen molar-refractivity contribution in [3.05, 3.63) is 0 Å². The Bertz CT molecular complexity index is 158. The summed E-state index contributed by atoms with van der Waals surface area (Å²) in [4.78, 5) is 10.7. The van der Waals surface area contributed by atoms with Crippen molar-refractivity contribution in [2.75, 3.05) is 7.11 Å². The minimum absolute atomic E-state index is 0.414. The molecule has 1 spiro atoms. The molecule has 0 radical (unpaired) electrons. The smallest absolute Gasteiger partial charge is 0.134 e. The molecule has 0 aromatic heterocycles. The van der Waals surface area contributed by atoms with Gasteiger partial charge in [0, 0.05) is 20.0 Å². The van der Waals surface area contributed by atoms with Crippen molar-refractivity contribution < 1.29 is 9.53 Å². The van der Waals surface area contributed by atoms with Crippen LogP contribution >= 0.6 is 0 Å². The van der Waals surface area contributed by atoms with Crippen molar-refractivity contribution in [3.8, 4) is 0 Å². The molecule has 0 aromatic carbocycles. The first-order chi connectivity index (χ1) is 4.74. The van der Waals surface area contributed by atoms with Gasteiger partial charge in [-0.3, -0.25) is 4.79 Å². The third-order valence-corrected chi connectivity index (χ3v) is 2.80. The molecule has 2 nitrogen and oxygen atoms in total. The van der Waals surface area contributed by atoms with Gasteiger partial charge in [-0.1, -0.05) is 0 Å². The predicted octanol–water partition coefficient (Wildman–Crippen LogP) is 1.14. The van der Waals surface area contributed by atoms with Crippen molar-refractivity contribution in [3.63, 3.8) is 0 Å². The highest BCUT2D eigenvalue weighted by Gasteiger charge is 2.52. The molecule has 2 aliphatic rings. The molecule has 2 aliphatic carbocycles. The zero-order valence-electron chi connectivity index (χ0n) is 6.22. The molecule has 0 unspecified atom stereocenters. The Morgan fingerprint density at radius 2 is 2.10 bits per heavy atom. The number of rotatable bonds is 1. The van der Waals surface area contributed by atoms with E-state index in [0.717, 1.165) is 25.7 Å². The van der Waals surface area contributed by atoms with E-state index in [9.17, 15) is 4.79 Å². The molecular formula is C8H12O2. The zero-order valence-corrected chi connectivity index (χ0v) is 6.22. The van der Waals surface area contributed by atoms with Gasteiger partial charge in [0.2, 0.25) is 0 Å². The first kappa shape index (κ1) is 6.35. The van der Waals surface area contributed by atoms with Gasteiger partial charge < -0.3 is 4.74 Å². The summed E-state index contributed by atoms with van der Waals surface area (Å²) in [7, 11) is 1.75. The van der Waals surface area contributed by atoms with Crippen LogP contribution in [0.4, 0.5) is 0 Å². The van der Waals surface area contributed by atoms with Gasteiger partial charge in [0.05, 0.1) is 6.10 Å². The summed E-state index contributed by atoms with van der Waals surface area (Å²) in [5.74, 6) is 0.439. The number of carbonyl (C=O) groups excluding carboxylic acids is 1. The molecule has 0 N–H and O–H groups in total. The maximum Gasteiger partial charge on any atom is 0.134 e. The van der Waals surface area contributed by atoms with Gasteiger partial charge in [-0.15, -0.1) is 0 Å². The lowest BCUT2D eigenvalue weighted by atomic mass is 9.54. The Labute approximate surface area is 60.6 Å². The number of hydrogen-bond acceptors (Lipinski definition) is 2. The molecule has 0 heterocycles. The van der Waals surface area contributed by atoms with Crippen LogP contribution in [0, 0.1) is 5.41 Å². The van der Waals surface area contributed by atoms with E-state index in [0.29, 0.717) is 17.3 Å². The van der Waals surface area contributed by atoms with E-state index in [1.807, 2.05) is 0 Å². The maximum absolute atomic E-state index is 10.7. The van der Waals surface area contributed by atoms with Crippen molar-refractivity contribution in [1.82, 2.24) is 0 Å². The Morgan fingerprint density at radius 3 is 2.50 bits per heavy atom. The van der Waals surface area contributed by atoms with Crippen LogP contribution in [-0.4, -0.2) is 19.0 Å². The largest absolute Gasteiger partial charge is 0.381 e. The number of ether oxygens (including phenoxy) is 1. The molecule has 0 atom stereocenters. The summed E-state index contributed by atoms with van der Waals surface area (Å²) in [6.45, 7) is 0. The Morgan fingerprint density at radius 1 is 1.50 bits per heavy atom. The van der Waals surface area contributed by atoms with Gasteiger partial charge in [-0.05, 0) is 18.3 Å². The number of Topliss-reactive ketones (excluding diaryl/α,β-unsaturated/α-hetero) is 1. The van der Waals surface area contributed by atoms with Crippen molar-refractivity contribution in [1.29, 1.82) is 0 Å². The molecule has 2 fully saturated rings. The average molecular weight is 140 g/mol. The average Bonchev–Trinajstić information content (AvgIpc) is 1.74. The van der Waals surface area contributed by atoms with E-state index in [4.69, 9.17) is 4.74 Å². The molecule has 10 heavy (non-hydrogen) atoms. The molecule has 0 amide bonds. The van der Waals surface area contributed by atoms with E-state index in [1.54, 1.807) is 7.11 Å². The fraction of sp³-hybridized carbons (Fsp3) is 0.875. The third kappa shape index (κ3) is 0.717. The van der Waals surface area contributed by atoms with Crippen LogP contribution in [0.2, 0.25) is 0 Å². The monoisotopic (exact) mass is 140 g/mol. The highest BCUT2D eigenvalue weighted by atomic mass is 16.5. The quantitative estimate of drug-likeness (QED) is 0.546. The summed E-state index contributed by atoms with van der Waals surface area (Å²) in [6.07, 6.45) is 4.35. The summed E-state index contributed by atoms with van der Waals surface area (Å²) >= 11 is 0. The SMILES string of the molecule is COC1CC2(CC(=O)C2)C1. The summed E-state index contributed by atoms with van der Waals surface area (Å²) in [6, 6.07) is 0. The van der Waals surface area contributed by atoms with Crippen molar-refractivity contribution in [2.45, 2.75) is 31.8 Å². The van der Waals surface area contributed by atoms with Crippen LogP contribution in [0.15, 0.2) is 0 Å². The fourth-order valence-corrected chi connectivity index (χ4v) is 2.15. The first-order valence-electron chi connectivity index (χ1n) is 3.79. The van der Waals surface area contributed by atoms with Gasteiger partial charge in [-0.25, -0.2) is 0 Å². The van der Waals surface area contributed by atoms with Gasteiger partial charge >= 0.3 is 0 Å². The highest BCUT2D eigenvalue weighted by Crippen LogP contribution is 2.54. The lowest BCUT2D eigenvalue weighted by Crippen LogP contribution is -2.50. The maximum atomic E-state index is 10.7. The zero-order chi connectivity index (χ0) is 7.19. The second kappa shape index (κ2) is 1.82.